The van der Waals surface area contributed by atoms with Gasteiger partial charge in [0, 0.05) is 22.2 Å². The second-order valence-corrected chi connectivity index (χ2v) is 9.55. The summed E-state index contributed by atoms with van der Waals surface area (Å²) in [5.41, 5.74) is 1.11. The Labute approximate surface area is 201 Å². The molecule has 10 heteroatoms. The quantitative estimate of drug-likeness (QED) is 0.227. The number of para-hydroxylation sites is 2. The fourth-order valence-electron chi connectivity index (χ4n) is 1.99. The van der Waals surface area contributed by atoms with Gasteiger partial charge in [0.15, 0.2) is 0 Å². The zero-order valence-corrected chi connectivity index (χ0v) is 20.2. The molecule has 0 saturated carbocycles. The fourth-order valence-corrected chi connectivity index (χ4v) is 3.73. The summed E-state index contributed by atoms with van der Waals surface area (Å²) >= 11 is 26.1. The summed E-state index contributed by atoms with van der Waals surface area (Å²) in [5.74, 6) is 0. The van der Waals surface area contributed by atoms with Crippen LogP contribution in [0.3, 0.4) is 0 Å². The van der Waals surface area contributed by atoms with Gasteiger partial charge in [-0.1, -0.05) is 58.5 Å². The van der Waals surface area contributed by atoms with E-state index in [9.17, 15) is 0 Å². The molecule has 2 nitrogen and oxygen atoms in total. The zero-order chi connectivity index (χ0) is 20.5. The summed E-state index contributed by atoms with van der Waals surface area (Å²) in [6.45, 7) is 0. The molecule has 0 saturated heterocycles. The van der Waals surface area contributed by atoms with Gasteiger partial charge in [-0.3, -0.25) is 9.98 Å². The monoisotopic (exact) mass is 552 g/mol. The van der Waals surface area contributed by atoms with Crippen LogP contribution in [0.5, 0.6) is 0 Å². The summed E-state index contributed by atoms with van der Waals surface area (Å²) < 4.78 is 0. The molecule has 0 aliphatic rings. The summed E-state index contributed by atoms with van der Waals surface area (Å²) in [7, 11) is 9.53. The van der Waals surface area contributed by atoms with E-state index in [1.165, 1.54) is 11.3 Å². The number of aliphatic imine (C=N–C) groups is 2. The second-order valence-electron chi connectivity index (χ2n) is 4.95. The Morgan fingerprint density at radius 3 is 1.29 bits per heavy atom. The van der Waals surface area contributed by atoms with Gasteiger partial charge >= 0.3 is 33.3 Å². The van der Waals surface area contributed by atoms with E-state index in [4.69, 9.17) is 66.6 Å². The Hall–Kier alpha value is -0.261. The minimum atomic E-state index is 0.194. The van der Waals surface area contributed by atoms with E-state index < -0.39 is 0 Å². The summed E-state index contributed by atoms with van der Waals surface area (Å²) in [5, 5.41) is 2.04. The van der Waals surface area contributed by atoms with Crippen molar-refractivity contribution in [3.63, 3.8) is 0 Å². The van der Waals surface area contributed by atoms with E-state index in [-0.39, 0.29) is 13.1 Å². The van der Waals surface area contributed by atoms with Gasteiger partial charge in [0.1, 0.15) is 11.4 Å². The topological polar surface area (TPSA) is 24.7 Å². The number of benzene rings is 2. The van der Waals surface area contributed by atoms with E-state index in [1.807, 2.05) is 12.1 Å². The molecule has 0 spiro atoms. The van der Waals surface area contributed by atoms with Crippen molar-refractivity contribution in [1.29, 1.82) is 0 Å². The van der Waals surface area contributed by atoms with E-state index >= 15 is 0 Å². The first-order valence-corrected chi connectivity index (χ1v) is 12.7. The average molecular weight is 555 g/mol. The molecule has 0 unspecified atom stereocenters. The molecular formula is C18H10Cl6FeN2S. The maximum atomic E-state index is 6.11. The van der Waals surface area contributed by atoms with Gasteiger partial charge in [-0.2, -0.15) is 0 Å². The fraction of sp³-hybridized carbons (Fsp3) is 0. The van der Waals surface area contributed by atoms with E-state index in [1.54, 1.807) is 48.8 Å². The zero-order valence-electron chi connectivity index (χ0n) is 13.7. The van der Waals surface area contributed by atoms with Crippen LogP contribution in [0, 0.1) is 0 Å². The van der Waals surface area contributed by atoms with Crippen molar-refractivity contribution in [3.05, 3.63) is 78.4 Å². The second kappa shape index (κ2) is 12.4. The molecule has 1 heterocycles. The third kappa shape index (κ3) is 7.21. The Balaban J connectivity index is 0.000000878. The van der Waals surface area contributed by atoms with Crippen LogP contribution in [0.15, 0.2) is 58.5 Å². The molecular weight excluding hydrogens is 545 g/mol. The van der Waals surface area contributed by atoms with Crippen molar-refractivity contribution in [1.82, 2.24) is 0 Å². The van der Waals surface area contributed by atoms with Crippen LogP contribution >= 0.6 is 77.9 Å². The molecule has 0 amide bonds. The van der Waals surface area contributed by atoms with Gasteiger partial charge in [-0.15, -0.1) is 11.3 Å². The maximum absolute atomic E-state index is 6.11. The molecule has 0 N–H and O–H groups in total. The van der Waals surface area contributed by atoms with Crippen molar-refractivity contribution < 1.29 is 13.1 Å². The van der Waals surface area contributed by atoms with Crippen molar-refractivity contribution in [2.75, 3.05) is 0 Å². The average Bonchev–Trinajstić information content (AvgIpc) is 3.09. The Kier molecular flexibility index (Phi) is 10.7. The van der Waals surface area contributed by atoms with Crippen LogP contribution in [-0.2, 0) is 13.1 Å². The predicted molar refractivity (Wildman–Crippen MR) is 123 cm³/mol. The third-order valence-corrected chi connectivity index (χ3v) is 5.34. The third-order valence-electron chi connectivity index (χ3n) is 3.16. The summed E-state index contributed by atoms with van der Waals surface area (Å²) in [4.78, 5) is 10.6. The SMILES string of the molecule is Clc1cccc(Cl)c1N=Cc1ccc(C=Nc2c(Cl)cccc2Cl)s1.[Cl][Fe][Cl]. The summed E-state index contributed by atoms with van der Waals surface area (Å²) in [6.07, 6.45) is 3.44. The first-order chi connectivity index (χ1) is 13.5. The van der Waals surface area contributed by atoms with Gasteiger partial charge < -0.3 is 0 Å². The molecule has 2 aromatic carbocycles. The number of hydrogen-bond acceptors (Lipinski definition) is 3. The molecule has 28 heavy (non-hydrogen) atoms. The number of rotatable bonds is 4. The standard InChI is InChI=1S/C18H10Cl4N2S.2ClH.Fe/c19-13-3-1-4-14(20)17(13)23-9-11-7-8-12(25-11)10-24-18-15(21)5-2-6-16(18)22;;;/h1-10H;2*1H;/q;;;+2/p-2. The van der Waals surface area contributed by atoms with Crippen molar-refractivity contribution in [3.8, 4) is 0 Å². The molecule has 3 rings (SSSR count). The first kappa shape index (κ1) is 24.0. The predicted octanol–water partition coefficient (Wildman–Crippen LogP) is 9.24. The van der Waals surface area contributed by atoms with Gasteiger partial charge in [-0.05, 0) is 36.4 Å². The van der Waals surface area contributed by atoms with Crippen molar-refractivity contribution in [2.45, 2.75) is 0 Å². The summed E-state index contributed by atoms with van der Waals surface area (Å²) in [6, 6.07) is 14.4. The normalized spacial score (nSPS) is 11.2. The van der Waals surface area contributed by atoms with Crippen LogP contribution in [0.1, 0.15) is 9.75 Å². The number of nitrogens with zero attached hydrogens (tertiary/aromatic N) is 2. The molecule has 1 aromatic heterocycles. The molecule has 148 valence electrons. The Bertz CT molecular complexity index is 873. The molecule has 0 fully saturated rings. The van der Waals surface area contributed by atoms with Crippen LogP contribution in [0.4, 0.5) is 11.4 Å². The van der Waals surface area contributed by atoms with Crippen LogP contribution < -0.4 is 0 Å². The Morgan fingerprint density at radius 1 is 0.643 bits per heavy atom. The van der Waals surface area contributed by atoms with Gasteiger partial charge in [0.25, 0.3) is 0 Å². The van der Waals surface area contributed by atoms with Crippen LogP contribution in [-0.4, -0.2) is 12.4 Å². The molecule has 0 aliphatic heterocycles. The van der Waals surface area contributed by atoms with Gasteiger partial charge in [0.05, 0.1) is 20.1 Å². The van der Waals surface area contributed by atoms with Crippen LogP contribution in [0.2, 0.25) is 20.1 Å². The van der Waals surface area contributed by atoms with Gasteiger partial charge in [-0.25, -0.2) is 0 Å². The van der Waals surface area contributed by atoms with Crippen LogP contribution in [0.25, 0.3) is 0 Å². The minimum absolute atomic E-state index is 0.194. The van der Waals surface area contributed by atoms with Crippen molar-refractivity contribution in [2.24, 2.45) is 9.98 Å². The molecule has 3 aromatic rings. The molecule has 0 atom stereocenters. The van der Waals surface area contributed by atoms with Crippen molar-refractivity contribution >= 4 is 102 Å². The molecule has 0 aliphatic carbocycles. The number of hydrogen-bond donors (Lipinski definition) is 0. The van der Waals surface area contributed by atoms with Gasteiger partial charge in [0.2, 0.25) is 0 Å². The molecule has 0 radical (unpaired) electrons. The van der Waals surface area contributed by atoms with E-state index in [0.29, 0.717) is 31.5 Å². The molecule has 0 bridgehead atoms. The number of halogens is 6. The van der Waals surface area contributed by atoms with E-state index in [0.717, 1.165) is 9.75 Å². The first-order valence-electron chi connectivity index (χ1n) is 7.37. The van der Waals surface area contributed by atoms with E-state index in [2.05, 4.69) is 9.98 Å². The Morgan fingerprint density at radius 2 is 0.964 bits per heavy atom. The number of thiophene rings is 1.